The molecule has 0 radical (unpaired) electrons. The van der Waals surface area contributed by atoms with Gasteiger partial charge in [0.05, 0.1) is 16.5 Å². The van der Waals surface area contributed by atoms with Gasteiger partial charge in [-0.3, -0.25) is 0 Å². The standard InChI is InChI=1S/C23H21N3O3S/c1-13(2)28-19-8-6-14(10-15(19)11-24)22-26-12-21(30-22)18-5-3-4-17-16(18)7-9-20(17)29-23(25)27/h3-6,8,10,12-13,20H,7,9H2,1-2H3,(H2,25,27). The van der Waals surface area contributed by atoms with Crippen LogP contribution in [0.5, 0.6) is 5.75 Å². The van der Waals surface area contributed by atoms with Crippen LogP contribution in [0.1, 0.15) is 43.1 Å². The highest BCUT2D eigenvalue weighted by atomic mass is 32.1. The summed E-state index contributed by atoms with van der Waals surface area (Å²) in [6.07, 6.45) is 2.34. The number of fused-ring (bicyclic) bond motifs is 1. The summed E-state index contributed by atoms with van der Waals surface area (Å²) in [7, 11) is 0. The lowest BCUT2D eigenvalue weighted by atomic mass is 10.0. The summed E-state index contributed by atoms with van der Waals surface area (Å²) < 4.78 is 11.0. The van der Waals surface area contributed by atoms with Gasteiger partial charge in [0.1, 0.15) is 22.9 Å². The van der Waals surface area contributed by atoms with Crippen molar-refractivity contribution in [2.45, 2.75) is 38.9 Å². The van der Waals surface area contributed by atoms with Gasteiger partial charge in [0, 0.05) is 11.8 Å². The van der Waals surface area contributed by atoms with Crippen LogP contribution in [-0.4, -0.2) is 17.2 Å². The molecule has 1 atom stereocenters. The number of nitrogens with two attached hydrogens (primary N) is 1. The third-order valence-corrected chi connectivity index (χ3v) is 6.03. The maximum Gasteiger partial charge on any atom is 0.405 e. The van der Waals surface area contributed by atoms with Gasteiger partial charge in [-0.15, -0.1) is 11.3 Å². The van der Waals surface area contributed by atoms with Gasteiger partial charge in [-0.25, -0.2) is 9.78 Å². The first-order chi connectivity index (χ1) is 14.5. The van der Waals surface area contributed by atoms with E-state index in [4.69, 9.17) is 15.2 Å². The molecule has 6 nitrogen and oxygen atoms in total. The zero-order chi connectivity index (χ0) is 21.3. The third kappa shape index (κ3) is 3.87. The van der Waals surface area contributed by atoms with Crippen LogP contribution >= 0.6 is 11.3 Å². The lowest BCUT2D eigenvalue weighted by Gasteiger charge is -2.12. The van der Waals surface area contributed by atoms with Gasteiger partial charge in [-0.05, 0) is 61.6 Å². The summed E-state index contributed by atoms with van der Waals surface area (Å²) in [5.41, 5.74) is 9.83. The summed E-state index contributed by atoms with van der Waals surface area (Å²) in [5, 5.41) is 10.3. The second-order valence-electron chi connectivity index (χ2n) is 7.36. The minimum Gasteiger partial charge on any atom is -0.490 e. The topological polar surface area (TPSA) is 98.2 Å². The van der Waals surface area contributed by atoms with Gasteiger partial charge in [0.15, 0.2) is 0 Å². The third-order valence-electron chi connectivity index (χ3n) is 4.95. The normalized spacial score (nSPS) is 14.9. The number of aromatic nitrogens is 1. The Morgan fingerprint density at radius 1 is 1.33 bits per heavy atom. The summed E-state index contributed by atoms with van der Waals surface area (Å²) in [5.74, 6) is 0.578. The van der Waals surface area contributed by atoms with E-state index in [1.807, 2.05) is 50.4 Å². The molecule has 2 N–H and O–H groups in total. The summed E-state index contributed by atoms with van der Waals surface area (Å²) in [6, 6.07) is 13.8. The first-order valence-electron chi connectivity index (χ1n) is 9.71. The van der Waals surface area contributed by atoms with Crippen molar-refractivity contribution >= 4 is 17.4 Å². The fourth-order valence-electron chi connectivity index (χ4n) is 3.75. The molecule has 0 spiro atoms. The van der Waals surface area contributed by atoms with Gasteiger partial charge in [-0.1, -0.05) is 18.2 Å². The lowest BCUT2D eigenvalue weighted by molar-refractivity contribution is 0.107. The van der Waals surface area contributed by atoms with E-state index >= 15 is 0 Å². The molecule has 0 aliphatic heterocycles. The van der Waals surface area contributed by atoms with Gasteiger partial charge < -0.3 is 15.2 Å². The van der Waals surface area contributed by atoms with Crippen molar-refractivity contribution in [1.82, 2.24) is 4.98 Å². The number of thiazole rings is 1. The number of carbonyl (C=O) groups excluding carboxylic acids is 1. The summed E-state index contributed by atoms with van der Waals surface area (Å²) in [4.78, 5) is 16.8. The largest absolute Gasteiger partial charge is 0.490 e. The lowest BCUT2D eigenvalue weighted by Crippen LogP contribution is -2.15. The molecule has 1 heterocycles. The molecule has 7 heteroatoms. The van der Waals surface area contributed by atoms with Crippen LogP contribution in [0.15, 0.2) is 42.6 Å². The molecule has 1 amide bonds. The second-order valence-corrected chi connectivity index (χ2v) is 8.39. The van der Waals surface area contributed by atoms with Gasteiger partial charge in [-0.2, -0.15) is 5.26 Å². The van der Waals surface area contributed by atoms with E-state index in [0.29, 0.717) is 11.3 Å². The number of primary amides is 1. The number of nitrogens with zero attached hydrogens (tertiary/aromatic N) is 2. The van der Waals surface area contributed by atoms with Crippen molar-refractivity contribution in [2.75, 3.05) is 0 Å². The van der Waals surface area contributed by atoms with Crippen LogP contribution in [0.4, 0.5) is 4.79 Å². The highest BCUT2D eigenvalue weighted by Crippen LogP contribution is 2.42. The molecule has 0 saturated heterocycles. The van der Waals surface area contributed by atoms with Gasteiger partial charge >= 0.3 is 6.09 Å². The molecule has 0 fully saturated rings. The molecule has 1 aliphatic rings. The van der Waals surface area contributed by atoms with Crippen LogP contribution < -0.4 is 10.5 Å². The number of ether oxygens (including phenoxy) is 2. The quantitative estimate of drug-likeness (QED) is 0.611. The molecule has 2 aromatic carbocycles. The van der Waals surface area contributed by atoms with Crippen molar-refractivity contribution in [3.63, 3.8) is 0 Å². The monoisotopic (exact) mass is 419 g/mol. The predicted octanol–water partition coefficient (Wildman–Crippen LogP) is 5.22. The number of hydrogen-bond donors (Lipinski definition) is 1. The molecular weight excluding hydrogens is 398 g/mol. The van der Waals surface area contributed by atoms with E-state index in [2.05, 4.69) is 17.1 Å². The molecule has 1 aliphatic carbocycles. The van der Waals surface area contributed by atoms with E-state index in [0.717, 1.165) is 45.0 Å². The van der Waals surface area contributed by atoms with Crippen molar-refractivity contribution in [3.05, 3.63) is 59.3 Å². The Bertz CT molecular complexity index is 1150. The Morgan fingerprint density at radius 2 is 2.17 bits per heavy atom. The Hall–Kier alpha value is -3.37. The number of benzene rings is 2. The van der Waals surface area contributed by atoms with Gasteiger partial charge in [0.25, 0.3) is 0 Å². The molecule has 152 valence electrons. The number of carbonyl (C=O) groups is 1. The van der Waals surface area contributed by atoms with E-state index in [9.17, 15) is 10.1 Å². The Kier molecular flexibility index (Phi) is 5.42. The van der Waals surface area contributed by atoms with Crippen LogP contribution in [-0.2, 0) is 11.2 Å². The summed E-state index contributed by atoms with van der Waals surface area (Å²) in [6.45, 7) is 3.86. The molecule has 0 bridgehead atoms. The van der Waals surface area contributed by atoms with E-state index < -0.39 is 6.09 Å². The number of amides is 1. The smallest absolute Gasteiger partial charge is 0.405 e. The summed E-state index contributed by atoms with van der Waals surface area (Å²) >= 11 is 1.57. The van der Waals surface area contributed by atoms with Crippen LogP contribution in [0.25, 0.3) is 21.0 Å². The van der Waals surface area contributed by atoms with Crippen molar-refractivity contribution < 1.29 is 14.3 Å². The van der Waals surface area contributed by atoms with Crippen molar-refractivity contribution in [2.24, 2.45) is 5.73 Å². The number of nitriles is 1. The Morgan fingerprint density at radius 3 is 2.90 bits per heavy atom. The average Bonchev–Trinajstić information content (AvgIpc) is 3.35. The predicted molar refractivity (Wildman–Crippen MR) is 115 cm³/mol. The Labute approximate surface area is 178 Å². The van der Waals surface area contributed by atoms with E-state index in [1.165, 1.54) is 0 Å². The zero-order valence-corrected chi connectivity index (χ0v) is 17.5. The maximum atomic E-state index is 11.2. The highest BCUT2D eigenvalue weighted by Gasteiger charge is 2.28. The first kappa shape index (κ1) is 19.9. The van der Waals surface area contributed by atoms with Crippen LogP contribution in [0.3, 0.4) is 0 Å². The molecule has 0 saturated carbocycles. The molecule has 4 rings (SSSR count). The van der Waals surface area contributed by atoms with Crippen molar-refractivity contribution in [1.29, 1.82) is 5.26 Å². The van der Waals surface area contributed by atoms with Gasteiger partial charge in [0.2, 0.25) is 0 Å². The molecule has 1 unspecified atom stereocenters. The number of hydrogen-bond acceptors (Lipinski definition) is 6. The van der Waals surface area contributed by atoms with E-state index in [-0.39, 0.29) is 12.2 Å². The SMILES string of the molecule is CC(C)Oc1ccc(-c2ncc(-c3cccc4c3CCC4OC(N)=O)s2)cc1C#N. The Balaban J connectivity index is 1.66. The van der Waals surface area contributed by atoms with Crippen LogP contribution in [0.2, 0.25) is 0 Å². The first-order valence-corrected chi connectivity index (χ1v) is 10.5. The fourth-order valence-corrected chi connectivity index (χ4v) is 4.71. The average molecular weight is 420 g/mol. The minimum atomic E-state index is -0.753. The highest BCUT2D eigenvalue weighted by molar-refractivity contribution is 7.18. The fraction of sp³-hybridized carbons (Fsp3) is 0.261. The second kappa shape index (κ2) is 8.17. The van der Waals surface area contributed by atoms with Crippen LogP contribution in [0, 0.1) is 11.3 Å². The van der Waals surface area contributed by atoms with E-state index in [1.54, 1.807) is 11.3 Å². The maximum absolute atomic E-state index is 11.2. The molecule has 1 aromatic heterocycles. The molecular formula is C23H21N3O3S. The minimum absolute atomic E-state index is 0.00281. The number of rotatable bonds is 5. The molecule has 30 heavy (non-hydrogen) atoms. The zero-order valence-electron chi connectivity index (χ0n) is 16.7. The van der Waals surface area contributed by atoms with Crippen molar-refractivity contribution in [3.8, 4) is 32.8 Å². The molecule has 3 aromatic rings.